The van der Waals surface area contributed by atoms with Crippen LogP contribution in [-0.4, -0.2) is 60.4 Å². The van der Waals surface area contributed by atoms with Crippen molar-refractivity contribution in [1.29, 1.82) is 0 Å². The molecular formula is C26H36F2N8O. The van der Waals surface area contributed by atoms with Gasteiger partial charge in [-0.05, 0) is 51.7 Å². The van der Waals surface area contributed by atoms with E-state index in [0.717, 1.165) is 17.1 Å². The number of nitrogens with one attached hydrogen (secondary N) is 1. The largest absolute Gasteiger partial charge is 0.383 e. The predicted molar refractivity (Wildman–Crippen MR) is 147 cm³/mol. The minimum atomic E-state index is -1.11. The average molecular weight is 515 g/mol. The Hall–Kier alpha value is -4.27. The van der Waals surface area contributed by atoms with Crippen molar-refractivity contribution >= 4 is 17.6 Å². The number of amidine groups is 1. The third-order valence-electron chi connectivity index (χ3n) is 4.65. The smallest absolute Gasteiger partial charge is 0.251 e. The number of carbonyl (C=O) groups is 1. The maximum absolute atomic E-state index is 13.2. The fourth-order valence-corrected chi connectivity index (χ4v) is 2.69. The van der Waals surface area contributed by atoms with Crippen LogP contribution < -0.4 is 22.7 Å². The number of rotatable bonds is 8. The van der Waals surface area contributed by atoms with Crippen molar-refractivity contribution in [3.8, 4) is 24.0 Å². The van der Waals surface area contributed by atoms with E-state index >= 15 is 0 Å². The first-order valence-electron chi connectivity index (χ1n) is 11.1. The van der Waals surface area contributed by atoms with E-state index < -0.39 is 12.4 Å². The van der Waals surface area contributed by atoms with Crippen molar-refractivity contribution in [2.24, 2.45) is 16.8 Å². The average Bonchev–Trinajstić information content (AvgIpc) is 2.91. The highest BCUT2D eigenvalue weighted by Crippen LogP contribution is 2.23. The molecule has 9 nitrogen and oxygen atoms in total. The number of nitrogens with two attached hydrogens (primary N) is 3. The molecule has 1 heterocycles. The Morgan fingerprint density at radius 3 is 2.24 bits per heavy atom. The number of halogens is 2. The molecule has 0 radical (unpaired) electrons. The first-order chi connectivity index (χ1) is 17.7. The third kappa shape index (κ3) is 11.3. The van der Waals surface area contributed by atoms with Gasteiger partial charge in [-0.1, -0.05) is 24.3 Å². The van der Waals surface area contributed by atoms with Gasteiger partial charge >= 0.3 is 0 Å². The number of hydrogen-bond donors (Lipinski definition) is 4. The van der Waals surface area contributed by atoms with E-state index in [-0.39, 0.29) is 29.5 Å². The fourth-order valence-electron chi connectivity index (χ4n) is 2.69. The summed E-state index contributed by atoms with van der Waals surface area (Å²) in [6, 6.07) is 8.50. The van der Waals surface area contributed by atoms with Gasteiger partial charge in [-0.15, -0.1) is 12.8 Å². The summed E-state index contributed by atoms with van der Waals surface area (Å²) in [7, 11) is 3.85. The number of amides is 1. The van der Waals surface area contributed by atoms with Gasteiger partial charge in [0.05, 0.1) is 12.1 Å². The van der Waals surface area contributed by atoms with Gasteiger partial charge in [0.15, 0.2) is 5.84 Å². The second-order valence-electron chi connectivity index (χ2n) is 7.60. The van der Waals surface area contributed by atoms with E-state index in [4.69, 9.17) is 17.4 Å². The van der Waals surface area contributed by atoms with Gasteiger partial charge in [-0.25, -0.2) is 19.6 Å². The second kappa shape index (κ2) is 18.1. The number of aromatic nitrogens is 1. The van der Waals surface area contributed by atoms with Gasteiger partial charge in [0.25, 0.3) is 5.91 Å². The number of allylic oxidation sites excluding steroid dienone is 2. The first-order valence-corrected chi connectivity index (χ1v) is 11.1. The Morgan fingerprint density at radius 2 is 1.76 bits per heavy atom. The van der Waals surface area contributed by atoms with Crippen LogP contribution in [0, 0.1) is 12.8 Å². The molecular weight excluding hydrogens is 478 g/mol. The number of nitrogens with zero attached hydrogens (tertiary/aromatic N) is 4. The lowest BCUT2D eigenvalue weighted by molar-refractivity contribution is 0.0951. The van der Waals surface area contributed by atoms with E-state index in [1.165, 1.54) is 6.20 Å². The summed E-state index contributed by atoms with van der Waals surface area (Å²) in [5.41, 5.74) is 8.05. The van der Waals surface area contributed by atoms with Crippen LogP contribution in [0.3, 0.4) is 0 Å². The maximum Gasteiger partial charge on any atom is 0.251 e. The SMILES string of the molecule is C#C.C/C=C\C.CN(C)CCNC(=O)c1ccc(-c2cnc(N)c(/C(=N/N)N(N)C/C(F)=C/F)c2)cc1. The highest BCUT2D eigenvalue weighted by atomic mass is 19.2. The number of anilines is 1. The molecule has 1 amide bonds. The van der Waals surface area contributed by atoms with Crippen molar-refractivity contribution in [2.45, 2.75) is 13.8 Å². The molecule has 0 bridgehead atoms. The summed E-state index contributed by atoms with van der Waals surface area (Å²) in [4.78, 5) is 18.3. The molecule has 1 aromatic carbocycles. The van der Waals surface area contributed by atoms with Gasteiger partial charge in [0.2, 0.25) is 0 Å². The lowest BCUT2D eigenvalue weighted by Crippen LogP contribution is -2.40. The van der Waals surface area contributed by atoms with Crippen molar-refractivity contribution in [3.63, 3.8) is 0 Å². The highest BCUT2D eigenvalue weighted by Gasteiger charge is 2.17. The number of nitrogen functional groups attached to an aromatic ring is 1. The molecule has 0 saturated carbocycles. The minimum Gasteiger partial charge on any atom is -0.383 e. The normalized spacial score (nSPS) is 11.3. The standard InChI is InChI=1S/C20H26F2N8O.C4H8.C2H2/c1-29(2)8-7-26-20(31)14-5-3-13(4-6-14)15-9-17(18(23)27-11-15)19(28-24)30(25)12-16(22)10-21;1-3-4-2;1-2/h3-6,9-11H,7-8,12,24-25H2,1-2H3,(H2,23,27)(H,26,31);3-4H,1-2H3;1-2H/b16-10-,28-19-;4-3-;. The molecule has 0 atom stereocenters. The summed E-state index contributed by atoms with van der Waals surface area (Å²) in [6.45, 7) is 4.68. The molecule has 200 valence electrons. The summed E-state index contributed by atoms with van der Waals surface area (Å²) < 4.78 is 25.6. The topological polar surface area (TPSA) is 139 Å². The summed E-state index contributed by atoms with van der Waals surface area (Å²) in [5, 5.41) is 7.21. The minimum absolute atomic E-state index is 0.0601. The second-order valence-corrected chi connectivity index (χ2v) is 7.60. The monoisotopic (exact) mass is 514 g/mol. The Balaban J connectivity index is 0.00000196. The number of hydrazine groups is 1. The number of carbonyl (C=O) groups excluding carboxylic acids is 1. The van der Waals surface area contributed by atoms with Crippen LogP contribution in [0.25, 0.3) is 11.1 Å². The summed E-state index contributed by atoms with van der Waals surface area (Å²) >= 11 is 0. The molecule has 0 aliphatic carbocycles. The first kappa shape index (κ1) is 32.7. The zero-order chi connectivity index (χ0) is 28.4. The molecule has 0 saturated heterocycles. The van der Waals surface area contributed by atoms with Gasteiger partial charge < -0.3 is 21.8 Å². The van der Waals surface area contributed by atoms with Crippen LogP contribution in [0.2, 0.25) is 0 Å². The van der Waals surface area contributed by atoms with E-state index in [1.807, 2.05) is 45.0 Å². The highest BCUT2D eigenvalue weighted by molar-refractivity contribution is 6.03. The Kier molecular flexibility index (Phi) is 16.0. The molecule has 1 aromatic heterocycles. The van der Waals surface area contributed by atoms with E-state index in [1.54, 1.807) is 30.3 Å². The molecule has 11 heteroatoms. The number of pyridine rings is 1. The predicted octanol–water partition coefficient (Wildman–Crippen LogP) is 3.03. The molecule has 2 rings (SSSR count). The molecule has 0 fully saturated rings. The number of benzene rings is 1. The zero-order valence-electron chi connectivity index (χ0n) is 21.7. The van der Waals surface area contributed by atoms with E-state index in [9.17, 15) is 13.6 Å². The summed E-state index contributed by atoms with van der Waals surface area (Å²) in [6.07, 6.45) is 13.3. The molecule has 0 aliphatic heterocycles. The van der Waals surface area contributed by atoms with Crippen molar-refractivity contribution < 1.29 is 13.6 Å². The summed E-state index contributed by atoms with van der Waals surface area (Å²) in [5.74, 6) is 9.85. The molecule has 0 spiro atoms. The van der Waals surface area contributed by atoms with Crippen LogP contribution in [0.15, 0.2) is 65.9 Å². The van der Waals surface area contributed by atoms with Gasteiger partial charge in [-0.2, -0.15) is 5.10 Å². The molecule has 7 N–H and O–H groups in total. The van der Waals surface area contributed by atoms with Crippen molar-refractivity contribution in [2.75, 3.05) is 39.5 Å². The lowest BCUT2D eigenvalue weighted by atomic mass is 10.0. The molecule has 37 heavy (non-hydrogen) atoms. The molecule has 2 aromatic rings. The molecule has 0 unspecified atom stereocenters. The van der Waals surface area contributed by atoms with Crippen molar-refractivity contribution in [1.82, 2.24) is 20.2 Å². The Labute approximate surface area is 217 Å². The quantitative estimate of drug-likeness (QED) is 0.106. The van der Waals surface area contributed by atoms with Crippen LogP contribution >= 0.6 is 0 Å². The zero-order valence-corrected chi connectivity index (χ0v) is 21.7. The van der Waals surface area contributed by atoms with E-state index in [0.29, 0.717) is 17.7 Å². The van der Waals surface area contributed by atoms with E-state index in [2.05, 4.69) is 28.2 Å². The number of terminal acetylenes is 1. The molecule has 0 aliphatic rings. The van der Waals surface area contributed by atoms with Gasteiger partial charge in [-0.3, -0.25) is 9.80 Å². The number of hydrazone groups is 1. The maximum atomic E-state index is 13.2. The Morgan fingerprint density at radius 1 is 1.16 bits per heavy atom. The Bertz CT molecular complexity index is 1080. The van der Waals surface area contributed by atoms with Crippen LogP contribution in [0.5, 0.6) is 0 Å². The van der Waals surface area contributed by atoms with Gasteiger partial charge in [0, 0.05) is 30.4 Å². The van der Waals surface area contributed by atoms with Gasteiger partial charge in [0.1, 0.15) is 18.0 Å². The van der Waals surface area contributed by atoms with Crippen LogP contribution in [-0.2, 0) is 0 Å². The fraction of sp³-hybridized carbons (Fsp3) is 0.269. The van der Waals surface area contributed by atoms with Crippen LogP contribution in [0.1, 0.15) is 29.8 Å². The van der Waals surface area contributed by atoms with Crippen molar-refractivity contribution in [3.05, 3.63) is 72.0 Å². The number of hydrogen-bond acceptors (Lipinski definition) is 7. The number of likely N-dealkylation sites (N-methyl/N-ethyl adjacent to an activating group) is 1. The van der Waals surface area contributed by atoms with Crippen LogP contribution in [0.4, 0.5) is 14.6 Å². The third-order valence-corrected chi connectivity index (χ3v) is 4.65. The lowest BCUT2D eigenvalue weighted by Gasteiger charge is -2.20.